The molecular weight excluding hydrogens is 347 g/mol. The van der Waals surface area contributed by atoms with Crippen molar-refractivity contribution >= 4 is 46.3 Å². The maximum Gasteiger partial charge on any atom is 0.290 e. The van der Waals surface area contributed by atoms with Crippen LogP contribution in [0, 0.1) is 0 Å². The fourth-order valence-corrected chi connectivity index (χ4v) is 3.12. The zero-order chi connectivity index (χ0) is 17.4. The summed E-state index contributed by atoms with van der Waals surface area (Å²) in [6.45, 7) is -0.350. The molecule has 0 radical (unpaired) electrons. The molecule has 4 rings (SSSR count). The Hall–Kier alpha value is -2.62. The number of fused-ring (bicyclic) bond motifs is 1. The first-order valence-corrected chi connectivity index (χ1v) is 8.65. The molecule has 0 atom stereocenters. The third kappa shape index (κ3) is 3.29. The highest BCUT2D eigenvalue weighted by Gasteiger charge is 2.26. The maximum absolute atomic E-state index is 12.5. The van der Waals surface area contributed by atoms with Crippen LogP contribution in [0.4, 0.5) is 20.8 Å². The molecule has 0 spiro atoms. The summed E-state index contributed by atoms with van der Waals surface area (Å²) in [5.41, 5.74) is 1.13. The molecule has 8 nitrogen and oxygen atoms in total. The lowest BCUT2D eigenvalue weighted by Crippen LogP contribution is -2.17. The van der Waals surface area contributed by atoms with Crippen molar-refractivity contribution in [1.82, 2.24) is 19.9 Å². The number of hydrogen-bond acceptors (Lipinski definition) is 7. The smallest absolute Gasteiger partial charge is 0.290 e. The fourth-order valence-electron chi connectivity index (χ4n) is 2.45. The summed E-state index contributed by atoms with van der Waals surface area (Å²) in [6, 6.07) is 2.19. The molecule has 3 N–H and O–H groups in total. The Morgan fingerprint density at radius 3 is 2.96 bits per heavy atom. The van der Waals surface area contributed by atoms with Crippen molar-refractivity contribution in [2.24, 2.45) is 0 Å². The van der Waals surface area contributed by atoms with E-state index in [1.165, 1.54) is 0 Å². The molecule has 10 heteroatoms. The number of anilines is 2. The van der Waals surface area contributed by atoms with E-state index in [1.54, 1.807) is 22.9 Å². The van der Waals surface area contributed by atoms with E-state index in [4.69, 9.17) is 0 Å². The lowest BCUT2D eigenvalue weighted by molar-refractivity contribution is -0.115. The zero-order valence-corrected chi connectivity index (χ0v) is 13.9. The van der Waals surface area contributed by atoms with E-state index in [-0.39, 0.29) is 6.54 Å². The van der Waals surface area contributed by atoms with Crippen molar-refractivity contribution in [3.63, 3.8) is 0 Å². The normalized spacial score (nSPS) is 18.8. The molecule has 2 fully saturated rings. The van der Waals surface area contributed by atoms with E-state index in [1.807, 2.05) is 0 Å². The summed E-state index contributed by atoms with van der Waals surface area (Å²) in [4.78, 5) is 27.8. The van der Waals surface area contributed by atoms with Gasteiger partial charge in [-0.15, -0.1) is 0 Å². The van der Waals surface area contributed by atoms with Gasteiger partial charge >= 0.3 is 0 Å². The topological polar surface area (TPSA) is 100 Å². The van der Waals surface area contributed by atoms with Crippen LogP contribution in [-0.2, 0) is 4.79 Å². The number of rotatable bonds is 6. The average molecular weight is 362 g/mol. The van der Waals surface area contributed by atoms with E-state index in [9.17, 15) is 14.0 Å². The lowest BCUT2D eigenvalue weighted by atomic mass is 10.3. The number of alkyl halides is 1. The van der Waals surface area contributed by atoms with Crippen molar-refractivity contribution in [2.45, 2.75) is 18.9 Å². The van der Waals surface area contributed by atoms with Crippen molar-refractivity contribution in [3.05, 3.63) is 22.7 Å². The first kappa shape index (κ1) is 15.9. The molecule has 1 aliphatic heterocycles. The number of carbonyl (C=O) groups is 2. The van der Waals surface area contributed by atoms with Crippen LogP contribution in [0.2, 0.25) is 0 Å². The van der Waals surface area contributed by atoms with Gasteiger partial charge in [0.05, 0.1) is 11.1 Å². The molecule has 1 aliphatic carbocycles. The number of halogens is 1. The van der Waals surface area contributed by atoms with Crippen LogP contribution in [0.25, 0.3) is 11.7 Å². The number of thioether (sulfide) groups is 1. The Balaban J connectivity index is 1.75. The van der Waals surface area contributed by atoms with Crippen LogP contribution in [-0.4, -0.2) is 45.0 Å². The Labute approximate surface area is 146 Å². The molecule has 2 aliphatic rings. The summed E-state index contributed by atoms with van der Waals surface area (Å²) in [6.07, 6.45) is 5.35. The van der Waals surface area contributed by atoms with E-state index in [2.05, 4.69) is 26.0 Å². The van der Waals surface area contributed by atoms with Gasteiger partial charge in [0.2, 0.25) is 0 Å². The highest BCUT2D eigenvalue weighted by molar-refractivity contribution is 8.18. The minimum absolute atomic E-state index is 0.156. The Bertz CT molecular complexity index is 892. The van der Waals surface area contributed by atoms with E-state index in [0.717, 1.165) is 30.4 Å². The van der Waals surface area contributed by atoms with Crippen LogP contribution < -0.4 is 16.0 Å². The number of imide groups is 1. The molecular formula is C15H15FN6O2S. The summed E-state index contributed by atoms with van der Waals surface area (Å²) in [7, 11) is 0. The van der Waals surface area contributed by atoms with Crippen LogP contribution in [0.3, 0.4) is 0 Å². The first-order chi connectivity index (χ1) is 12.1. The number of hydrogen-bond donors (Lipinski definition) is 3. The molecule has 2 aromatic heterocycles. The van der Waals surface area contributed by atoms with Crippen molar-refractivity contribution in [2.75, 3.05) is 23.9 Å². The van der Waals surface area contributed by atoms with Crippen LogP contribution in [0.5, 0.6) is 0 Å². The quantitative estimate of drug-likeness (QED) is 0.676. The highest BCUT2D eigenvalue weighted by Crippen LogP contribution is 2.29. The van der Waals surface area contributed by atoms with Crippen LogP contribution >= 0.6 is 11.8 Å². The van der Waals surface area contributed by atoms with Gasteiger partial charge in [0.25, 0.3) is 11.1 Å². The van der Waals surface area contributed by atoms with Gasteiger partial charge in [-0.3, -0.25) is 14.9 Å². The number of nitrogens with zero attached hydrogens (tertiary/aromatic N) is 3. The Morgan fingerprint density at radius 2 is 2.28 bits per heavy atom. The van der Waals surface area contributed by atoms with E-state index < -0.39 is 17.8 Å². The summed E-state index contributed by atoms with van der Waals surface area (Å²) in [5.74, 6) is 0.837. The van der Waals surface area contributed by atoms with E-state index in [0.29, 0.717) is 28.0 Å². The zero-order valence-electron chi connectivity index (χ0n) is 13.1. The molecule has 0 bridgehead atoms. The monoisotopic (exact) mass is 362 g/mol. The second kappa shape index (κ2) is 6.36. The second-order valence-electron chi connectivity index (χ2n) is 5.75. The predicted octanol–water partition coefficient (Wildman–Crippen LogP) is 2.01. The molecule has 1 saturated heterocycles. The Morgan fingerprint density at radius 1 is 1.44 bits per heavy atom. The average Bonchev–Trinajstić information content (AvgIpc) is 3.22. The lowest BCUT2D eigenvalue weighted by Gasteiger charge is -2.10. The summed E-state index contributed by atoms with van der Waals surface area (Å²) in [5, 5.41) is 12.4. The highest BCUT2D eigenvalue weighted by atomic mass is 32.2. The Kier molecular flexibility index (Phi) is 4.04. The number of amides is 2. The van der Waals surface area contributed by atoms with Gasteiger partial charge in [-0.05, 0) is 30.7 Å². The van der Waals surface area contributed by atoms with Gasteiger partial charge in [0, 0.05) is 24.2 Å². The van der Waals surface area contributed by atoms with Gasteiger partial charge in [0.15, 0.2) is 5.65 Å². The molecule has 2 aromatic rings. The van der Waals surface area contributed by atoms with Gasteiger partial charge in [-0.1, -0.05) is 0 Å². The molecule has 0 aromatic carbocycles. The third-order valence-electron chi connectivity index (χ3n) is 3.76. The molecule has 1 saturated carbocycles. The minimum atomic E-state index is -0.507. The van der Waals surface area contributed by atoms with Crippen LogP contribution in [0.15, 0.2) is 17.2 Å². The predicted molar refractivity (Wildman–Crippen MR) is 93.2 cm³/mol. The standard InChI is InChI=1S/C15H15FN6O2S/c16-3-4-17-11-6-12(19-9-1-2-9)22-13(20-11)8(7-18-22)5-10-14(23)21-15(24)25-10/h5-7,9,19H,1-4H2,(H,17,20)(H,21,23,24)/b10-5-. The van der Waals surface area contributed by atoms with Crippen LogP contribution in [0.1, 0.15) is 18.4 Å². The maximum atomic E-state index is 12.5. The van der Waals surface area contributed by atoms with E-state index >= 15 is 0 Å². The fraction of sp³-hybridized carbons (Fsp3) is 0.333. The number of carbonyl (C=O) groups excluding carboxylic acids is 2. The van der Waals surface area contributed by atoms with Gasteiger partial charge in [0.1, 0.15) is 18.3 Å². The molecule has 25 heavy (non-hydrogen) atoms. The molecule has 130 valence electrons. The van der Waals surface area contributed by atoms with Gasteiger partial charge < -0.3 is 10.6 Å². The van der Waals surface area contributed by atoms with Crippen molar-refractivity contribution in [1.29, 1.82) is 0 Å². The molecule has 3 heterocycles. The van der Waals surface area contributed by atoms with Gasteiger partial charge in [-0.25, -0.2) is 9.37 Å². The molecule has 2 amide bonds. The second-order valence-corrected chi connectivity index (χ2v) is 6.76. The summed E-state index contributed by atoms with van der Waals surface area (Å²) < 4.78 is 14.1. The number of nitrogens with one attached hydrogen (secondary N) is 3. The SMILES string of the molecule is O=C1NC(=O)/C(=C/c2cnn3c(NC4CC4)cc(NCCF)nc23)S1. The third-order valence-corrected chi connectivity index (χ3v) is 4.57. The first-order valence-electron chi connectivity index (χ1n) is 7.84. The largest absolute Gasteiger partial charge is 0.367 e. The van der Waals surface area contributed by atoms with Crippen molar-refractivity contribution in [3.8, 4) is 0 Å². The number of aromatic nitrogens is 3. The molecule has 0 unspecified atom stereocenters. The summed E-state index contributed by atoms with van der Waals surface area (Å²) >= 11 is 0.839. The van der Waals surface area contributed by atoms with Crippen molar-refractivity contribution < 1.29 is 14.0 Å². The van der Waals surface area contributed by atoms with Gasteiger partial charge in [-0.2, -0.15) is 9.61 Å². The minimum Gasteiger partial charge on any atom is -0.367 e.